The van der Waals surface area contributed by atoms with Crippen molar-refractivity contribution in [1.82, 2.24) is 0 Å². The van der Waals surface area contributed by atoms with E-state index in [2.05, 4.69) is 17.4 Å². The van der Waals surface area contributed by atoms with Crippen LogP contribution in [0.15, 0.2) is 36.4 Å². The van der Waals surface area contributed by atoms with Crippen molar-refractivity contribution in [3.8, 4) is 0 Å². The average molecular weight is 286 g/mol. The second-order valence-corrected chi connectivity index (χ2v) is 5.24. The summed E-state index contributed by atoms with van der Waals surface area (Å²) in [5, 5.41) is 12.1. The molecule has 0 bridgehead atoms. The van der Waals surface area contributed by atoms with Gasteiger partial charge in [-0.1, -0.05) is 24.3 Å². The number of carbonyl (C=O) groups is 1. The standard InChI is InChI=1S/C16H15FN2O2/c17-13-8-15(14(18)7-12(13)16(20)21)19-11-5-9-3-1-2-4-10(9)6-11/h1-4,7-8,11,19H,5-6,18H2,(H,20,21). The molecular formula is C16H15FN2O2. The normalized spacial score (nSPS) is 14.0. The van der Waals surface area contributed by atoms with Crippen LogP contribution in [0.1, 0.15) is 21.5 Å². The maximum absolute atomic E-state index is 13.7. The Bertz CT molecular complexity index is 690. The molecule has 0 spiro atoms. The smallest absolute Gasteiger partial charge is 0.338 e. The Labute approximate surface area is 121 Å². The SMILES string of the molecule is Nc1cc(C(=O)O)c(F)cc1NC1Cc2ccccc2C1. The van der Waals surface area contributed by atoms with Gasteiger partial charge in [0.2, 0.25) is 0 Å². The molecule has 0 fully saturated rings. The van der Waals surface area contributed by atoms with Crippen molar-refractivity contribution >= 4 is 17.3 Å². The lowest BCUT2D eigenvalue weighted by atomic mass is 10.1. The van der Waals surface area contributed by atoms with E-state index in [1.54, 1.807) is 0 Å². The number of hydrogen-bond acceptors (Lipinski definition) is 3. The van der Waals surface area contributed by atoms with Crippen LogP contribution in [0.3, 0.4) is 0 Å². The summed E-state index contributed by atoms with van der Waals surface area (Å²) in [4.78, 5) is 10.9. The fraction of sp³-hybridized carbons (Fsp3) is 0.188. The first-order chi connectivity index (χ1) is 10.0. The zero-order valence-corrected chi connectivity index (χ0v) is 11.3. The number of halogens is 1. The molecule has 5 heteroatoms. The monoisotopic (exact) mass is 286 g/mol. The van der Waals surface area contributed by atoms with Crippen molar-refractivity contribution in [3.63, 3.8) is 0 Å². The van der Waals surface area contributed by atoms with E-state index >= 15 is 0 Å². The van der Waals surface area contributed by atoms with Crippen LogP contribution >= 0.6 is 0 Å². The number of rotatable bonds is 3. The molecule has 1 aliphatic carbocycles. The van der Waals surface area contributed by atoms with Gasteiger partial charge in [-0.25, -0.2) is 9.18 Å². The highest BCUT2D eigenvalue weighted by atomic mass is 19.1. The number of anilines is 2. The van der Waals surface area contributed by atoms with Gasteiger partial charge >= 0.3 is 5.97 Å². The number of carboxylic acid groups (broad SMARTS) is 1. The summed E-state index contributed by atoms with van der Waals surface area (Å²) in [6, 6.07) is 10.6. The molecule has 0 aliphatic heterocycles. The number of nitrogens with one attached hydrogen (secondary N) is 1. The van der Waals surface area contributed by atoms with Gasteiger partial charge in [-0.05, 0) is 36.1 Å². The number of aromatic carboxylic acids is 1. The zero-order valence-electron chi connectivity index (χ0n) is 11.3. The van der Waals surface area contributed by atoms with Crippen LogP contribution in [-0.4, -0.2) is 17.1 Å². The Morgan fingerprint density at radius 2 is 1.86 bits per heavy atom. The van der Waals surface area contributed by atoms with Gasteiger partial charge in [0.05, 0.1) is 16.9 Å². The Balaban J connectivity index is 1.81. The minimum absolute atomic E-state index is 0.139. The van der Waals surface area contributed by atoms with Crippen molar-refractivity contribution in [1.29, 1.82) is 0 Å². The molecule has 0 saturated heterocycles. The summed E-state index contributed by atoms with van der Waals surface area (Å²) in [5.41, 5.74) is 8.64. The molecular weight excluding hydrogens is 271 g/mol. The largest absolute Gasteiger partial charge is 0.478 e. The first-order valence-electron chi connectivity index (χ1n) is 6.70. The molecule has 0 aromatic heterocycles. The predicted molar refractivity (Wildman–Crippen MR) is 79.0 cm³/mol. The molecule has 3 rings (SSSR count). The van der Waals surface area contributed by atoms with Gasteiger partial charge in [0, 0.05) is 6.04 Å². The minimum atomic E-state index is -1.32. The van der Waals surface area contributed by atoms with Gasteiger partial charge in [0.15, 0.2) is 0 Å². The van der Waals surface area contributed by atoms with Gasteiger partial charge in [0.25, 0.3) is 0 Å². The van der Waals surface area contributed by atoms with Gasteiger partial charge in [0.1, 0.15) is 5.82 Å². The minimum Gasteiger partial charge on any atom is -0.478 e. The van der Waals surface area contributed by atoms with Crippen LogP contribution in [-0.2, 0) is 12.8 Å². The highest BCUT2D eigenvalue weighted by Gasteiger charge is 2.22. The van der Waals surface area contributed by atoms with E-state index in [1.165, 1.54) is 11.1 Å². The third-order valence-corrected chi connectivity index (χ3v) is 3.78. The first-order valence-corrected chi connectivity index (χ1v) is 6.70. The van der Waals surface area contributed by atoms with E-state index in [0.717, 1.165) is 25.0 Å². The number of hydrogen-bond donors (Lipinski definition) is 3. The van der Waals surface area contributed by atoms with E-state index in [-0.39, 0.29) is 11.7 Å². The lowest BCUT2D eigenvalue weighted by Gasteiger charge is -2.16. The van der Waals surface area contributed by atoms with Crippen LogP contribution in [0.4, 0.5) is 15.8 Å². The Kier molecular flexibility index (Phi) is 3.25. The summed E-state index contributed by atoms with van der Waals surface area (Å²) < 4.78 is 13.7. The molecule has 21 heavy (non-hydrogen) atoms. The van der Waals surface area contributed by atoms with Crippen molar-refractivity contribution in [2.75, 3.05) is 11.1 Å². The summed E-state index contributed by atoms with van der Waals surface area (Å²) >= 11 is 0. The molecule has 0 saturated carbocycles. The maximum Gasteiger partial charge on any atom is 0.338 e. The van der Waals surface area contributed by atoms with Gasteiger partial charge in [-0.2, -0.15) is 0 Å². The molecule has 0 amide bonds. The first kappa shape index (κ1) is 13.4. The molecule has 0 unspecified atom stereocenters. The van der Waals surface area contributed by atoms with Crippen LogP contribution in [0.2, 0.25) is 0 Å². The highest BCUT2D eigenvalue weighted by molar-refractivity contribution is 5.90. The molecule has 0 heterocycles. The molecule has 0 atom stereocenters. The van der Waals surface area contributed by atoms with Crippen LogP contribution in [0, 0.1) is 5.82 Å². The van der Waals surface area contributed by atoms with Gasteiger partial charge in [-0.3, -0.25) is 0 Å². The summed E-state index contributed by atoms with van der Waals surface area (Å²) in [7, 11) is 0. The lowest BCUT2D eigenvalue weighted by Crippen LogP contribution is -2.20. The fourth-order valence-electron chi connectivity index (χ4n) is 2.76. The second-order valence-electron chi connectivity index (χ2n) is 5.24. The predicted octanol–water partition coefficient (Wildman–Crippen LogP) is 2.69. The van der Waals surface area contributed by atoms with Gasteiger partial charge in [-0.15, -0.1) is 0 Å². The molecule has 4 nitrogen and oxygen atoms in total. The molecule has 2 aromatic rings. The quantitative estimate of drug-likeness (QED) is 0.758. The molecule has 4 N–H and O–H groups in total. The van der Waals surface area contributed by atoms with Crippen molar-refractivity contribution in [2.45, 2.75) is 18.9 Å². The molecule has 0 radical (unpaired) electrons. The van der Waals surface area contributed by atoms with E-state index in [4.69, 9.17) is 10.8 Å². The van der Waals surface area contributed by atoms with E-state index in [9.17, 15) is 9.18 Å². The molecule has 1 aliphatic rings. The number of nitrogens with two attached hydrogens (primary N) is 1. The highest BCUT2D eigenvalue weighted by Crippen LogP contribution is 2.28. The van der Waals surface area contributed by atoms with Crippen LogP contribution in [0.25, 0.3) is 0 Å². The Morgan fingerprint density at radius 3 is 2.43 bits per heavy atom. The van der Waals surface area contributed by atoms with Crippen molar-refractivity contribution in [2.24, 2.45) is 0 Å². The van der Waals surface area contributed by atoms with E-state index in [0.29, 0.717) is 5.69 Å². The molecule has 2 aromatic carbocycles. The second kappa shape index (κ2) is 5.09. The third kappa shape index (κ3) is 2.54. The fourth-order valence-corrected chi connectivity index (χ4v) is 2.76. The Morgan fingerprint density at radius 1 is 1.24 bits per heavy atom. The molecule has 108 valence electrons. The van der Waals surface area contributed by atoms with Crippen LogP contribution in [0.5, 0.6) is 0 Å². The summed E-state index contributed by atoms with van der Waals surface area (Å²) in [6.45, 7) is 0. The van der Waals surface area contributed by atoms with E-state index < -0.39 is 17.3 Å². The van der Waals surface area contributed by atoms with Crippen molar-refractivity contribution < 1.29 is 14.3 Å². The van der Waals surface area contributed by atoms with Crippen LogP contribution < -0.4 is 11.1 Å². The zero-order chi connectivity index (χ0) is 15.0. The third-order valence-electron chi connectivity index (χ3n) is 3.78. The number of fused-ring (bicyclic) bond motifs is 1. The number of carboxylic acids is 1. The summed E-state index contributed by atoms with van der Waals surface area (Å²) in [5.74, 6) is -2.10. The van der Waals surface area contributed by atoms with E-state index in [1.807, 2.05) is 12.1 Å². The topological polar surface area (TPSA) is 75.4 Å². The van der Waals surface area contributed by atoms with Gasteiger partial charge < -0.3 is 16.2 Å². The maximum atomic E-state index is 13.7. The number of nitrogen functional groups attached to an aromatic ring is 1. The summed E-state index contributed by atoms with van der Waals surface area (Å²) in [6.07, 6.45) is 1.69. The average Bonchev–Trinajstić information content (AvgIpc) is 2.84. The Hall–Kier alpha value is -2.56. The van der Waals surface area contributed by atoms with Crippen molar-refractivity contribution in [3.05, 3.63) is 58.9 Å². The number of benzene rings is 2. The lowest BCUT2D eigenvalue weighted by molar-refractivity contribution is 0.0692.